The molecule has 7 heteroatoms. The van der Waals surface area contributed by atoms with Crippen molar-refractivity contribution in [1.82, 2.24) is 10.2 Å². The third-order valence-corrected chi connectivity index (χ3v) is 6.62. The Bertz CT molecular complexity index is 1040. The van der Waals surface area contributed by atoms with Crippen molar-refractivity contribution in [3.8, 4) is 0 Å². The van der Waals surface area contributed by atoms with Crippen LogP contribution in [-0.2, 0) is 26.3 Å². The van der Waals surface area contributed by atoms with Crippen LogP contribution in [-0.4, -0.2) is 35.2 Å². The van der Waals surface area contributed by atoms with Crippen molar-refractivity contribution in [2.75, 3.05) is 11.9 Å². The maximum Gasteiger partial charge on any atom is 0.250 e. The minimum atomic E-state index is -1.27. The molecule has 5 rings (SSSR count). The molecule has 1 spiro atoms. The smallest absolute Gasteiger partial charge is 0.250 e. The molecule has 3 amide bonds. The number of fused-ring (bicyclic) bond motifs is 4. The molecule has 2 aromatic rings. The number of nitrogens with zero attached hydrogens (tertiary/aromatic N) is 1. The van der Waals surface area contributed by atoms with Gasteiger partial charge in [0.2, 0.25) is 17.7 Å². The predicted molar refractivity (Wildman–Crippen MR) is 108 cm³/mol. The van der Waals surface area contributed by atoms with Gasteiger partial charge in [0.25, 0.3) is 0 Å². The lowest BCUT2D eigenvalue weighted by atomic mass is 9.76. The molecule has 0 radical (unpaired) electrons. The first-order valence-electron chi connectivity index (χ1n) is 9.72. The van der Waals surface area contributed by atoms with Gasteiger partial charge in [0.15, 0.2) is 0 Å². The number of rotatable bonds is 3. The van der Waals surface area contributed by atoms with Gasteiger partial charge in [0, 0.05) is 28.9 Å². The molecule has 3 heterocycles. The van der Waals surface area contributed by atoms with Crippen LogP contribution in [0.15, 0.2) is 48.5 Å². The van der Waals surface area contributed by atoms with Gasteiger partial charge in [-0.2, -0.15) is 0 Å². The number of amides is 3. The molecule has 2 saturated heterocycles. The van der Waals surface area contributed by atoms with Gasteiger partial charge in [0.05, 0.1) is 11.8 Å². The third kappa shape index (κ3) is 2.49. The van der Waals surface area contributed by atoms with Crippen LogP contribution in [0.4, 0.5) is 5.69 Å². The van der Waals surface area contributed by atoms with Crippen LogP contribution >= 0.6 is 11.6 Å². The van der Waals surface area contributed by atoms with E-state index < -0.39 is 17.4 Å². The highest BCUT2D eigenvalue weighted by Crippen LogP contribution is 2.53. The number of carbonyl (C=O) groups excluding carboxylic acids is 3. The van der Waals surface area contributed by atoms with Crippen LogP contribution in [0.2, 0.25) is 5.02 Å². The minimum absolute atomic E-state index is 0.212. The number of imide groups is 1. The van der Waals surface area contributed by atoms with E-state index in [1.165, 1.54) is 4.90 Å². The molecular formula is C22H20ClN3O3. The molecule has 2 aromatic carbocycles. The minimum Gasteiger partial charge on any atom is -0.324 e. The molecule has 0 saturated carbocycles. The van der Waals surface area contributed by atoms with E-state index in [9.17, 15) is 14.4 Å². The summed E-state index contributed by atoms with van der Waals surface area (Å²) in [6.07, 6.45) is 0.585. The molecule has 3 aliphatic heterocycles. The quantitative estimate of drug-likeness (QED) is 0.762. The molecule has 3 aliphatic rings. The molecule has 2 fully saturated rings. The highest BCUT2D eigenvalue weighted by atomic mass is 35.5. The standard InChI is InChI=1S/C22H20ClN3O3/c1-12-17-18(20(28)26(19(17)27)10-9-13-5-3-2-4-6-13)22(25-12)15-11-14(23)7-8-16(15)24-21(22)29/h2-8,11-12,17-18,25H,9-10H2,1H3,(H,24,29)/t12?,17-,18+,22?/m0/s1. The topological polar surface area (TPSA) is 78.5 Å². The van der Waals surface area contributed by atoms with Crippen LogP contribution in [0.5, 0.6) is 0 Å². The molecule has 0 bridgehead atoms. The Morgan fingerprint density at radius 3 is 2.59 bits per heavy atom. The first-order chi connectivity index (χ1) is 13.9. The predicted octanol–water partition coefficient (Wildman–Crippen LogP) is 2.32. The zero-order valence-electron chi connectivity index (χ0n) is 15.8. The normalized spacial score (nSPS) is 30.1. The van der Waals surface area contributed by atoms with Gasteiger partial charge in [0.1, 0.15) is 5.54 Å². The second kappa shape index (κ2) is 6.40. The summed E-state index contributed by atoms with van der Waals surface area (Å²) in [5.74, 6) is -2.17. The van der Waals surface area contributed by atoms with E-state index in [1.807, 2.05) is 37.3 Å². The molecule has 0 aliphatic carbocycles. The zero-order valence-corrected chi connectivity index (χ0v) is 16.6. The Labute approximate surface area is 173 Å². The molecule has 2 unspecified atom stereocenters. The van der Waals surface area contributed by atoms with Crippen molar-refractivity contribution in [1.29, 1.82) is 0 Å². The van der Waals surface area contributed by atoms with Crippen molar-refractivity contribution in [3.63, 3.8) is 0 Å². The Kier molecular flexibility index (Phi) is 4.05. The Morgan fingerprint density at radius 2 is 1.83 bits per heavy atom. The summed E-state index contributed by atoms with van der Waals surface area (Å²) in [5, 5.41) is 6.62. The Morgan fingerprint density at radius 1 is 1.07 bits per heavy atom. The van der Waals surface area contributed by atoms with Gasteiger partial charge in [-0.3, -0.25) is 24.6 Å². The molecule has 148 valence electrons. The fourth-order valence-corrected chi connectivity index (χ4v) is 5.27. The fraction of sp³-hybridized carbons (Fsp3) is 0.318. The second-order valence-corrected chi connectivity index (χ2v) is 8.39. The first-order valence-corrected chi connectivity index (χ1v) is 10.1. The van der Waals surface area contributed by atoms with Crippen LogP contribution in [0.1, 0.15) is 18.1 Å². The number of nitrogens with one attached hydrogen (secondary N) is 2. The lowest BCUT2D eigenvalue weighted by Gasteiger charge is -2.29. The summed E-state index contributed by atoms with van der Waals surface area (Å²) in [7, 11) is 0. The number of hydrogen-bond donors (Lipinski definition) is 2. The second-order valence-electron chi connectivity index (χ2n) is 7.95. The van der Waals surface area contributed by atoms with Crippen molar-refractivity contribution in [2.45, 2.75) is 24.9 Å². The SMILES string of the molecule is CC1NC2(C(=O)Nc3ccc(Cl)cc32)[C@H]2C(=O)N(CCc3ccccc3)C(=O)[C@@H]12. The number of anilines is 1. The van der Waals surface area contributed by atoms with E-state index in [0.717, 1.165) is 5.56 Å². The van der Waals surface area contributed by atoms with E-state index in [0.29, 0.717) is 29.2 Å². The lowest BCUT2D eigenvalue weighted by Crippen LogP contribution is -2.53. The number of carbonyl (C=O) groups is 3. The summed E-state index contributed by atoms with van der Waals surface area (Å²) < 4.78 is 0. The van der Waals surface area contributed by atoms with Gasteiger partial charge in [-0.05, 0) is 37.1 Å². The maximum absolute atomic E-state index is 13.4. The largest absolute Gasteiger partial charge is 0.324 e. The number of benzene rings is 2. The van der Waals surface area contributed by atoms with E-state index in [2.05, 4.69) is 10.6 Å². The van der Waals surface area contributed by atoms with E-state index in [-0.39, 0.29) is 23.8 Å². The number of halogens is 1. The van der Waals surface area contributed by atoms with E-state index >= 15 is 0 Å². The van der Waals surface area contributed by atoms with Crippen molar-refractivity contribution in [3.05, 3.63) is 64.7 Å². The number of hydrogen-bond acceptors (Lipinski definition) is 4. The van der Waals surface area contributed by atoms with Crippen LogP contribution in [0.3, 0.4) is 0 Å². The molecular weight excluding hydrogens is 390 g/mol. The average molecular weight is 410 g/mol. The summed E-state index contributed by atoms with van der Waals surface area (Å²) >= 11 is 6.19. The van der Waals surface area contributed by atoms with Gasteiger partial charge in [-0.1, -0.05) is 41.9 Å². The van der Waals surface area contributed by atoms with Crippen LogP contribution < -0.4 is 10.6 Å². The zero-order chi connectivity index (χ0) is 20.3. The molecule has 29 heavy (non-hydrogen) atoms. The summed E-state index contributed by atoms with van der Waals surface area (Å²) in [5.41, 5.74) is 1.06. The Balaban J connectivity index is 1.52. The van der Waals surface area contributed by atoms with Gasteiger partial charge >= 0.3 is 0 Å². The van der Waals surface area contributed by atoms with Crippen LogP contribution in [0, 0.1) is 11.8 Å². The molecule has 6 nitrogen and oxygen atoms in total. The van der Waals surface area contributed by atoms with Gasteiger partial charge < -0.3 is 5.32 Å². The first kappa shape index (κ1) is 18.3. The summed E-state index contributed by atoms with van der Waals surface area (Å²) in [6.45, 7) is 2.16. The lowest BCUT2D eigenvalue weighted by molar-refractivity contribution is -0.142. The molecule has 2 N–H and O–H groups in total. The van der Waals surface area contributed by atoms with Gasteiger partial charge in [-0.15, -0.1) is 0 Å². The van der Waals surface area contributed by atoms with Crippen LogP contribution in [0.25, 0.3) is 0 Å². The summed E-state index contributed by atoms with van der Waals surface area (Å²) in [4.78, 5) is 41.0. The molecule has 0 aromatic heterocycles. The monoisotopic (exact) mass is 409 g/mol. The van der Waals surface area contributed by atoms with E-state index in [4.69, 9.17) is 11.6 Å². The van der Waals surface area contributed by atoms with Crippen molar-refractivity contribution >= 4 is 35.0 Å². The highest BCUT2D eigenvalue weighted by molar-refractivity contribution is 6.31. The van der Waals surface area contributed by atoms with Crippen molar-refractivity contribution < 1.29 is 14.4 Å². The Hall–Kier alpha value is -2.70. The van der Waals surface area contributed by atoms with Crippen molar-refractivity contribution in [2.24, 2.45) is 11.8 Å². The average Bonchev–Trinajstić information content (AvgIpc) is 3.26. The van der Waals surface area contributed by atoms with E-state index in [1.54, 1.807) is 18.2 Å². The molecule has 4 atom stereocenters. The fourth-order valence-electron chi connectivity index (χ4n) is 5.10. The third-order valence-electron chi connectivity index (χ3n) is 6.38. The highest BCUT2D eigenvalue weighted by Gasteiger charge is 2.69. The maximum atomic E-state index is 13.4. The number of likely N-dealkylation sites (tertiary alicyclic amines) is 1. The summed E-state index contributed by atoms with van der Waals surface area (Å²) in [6, 6.07) is 14.6. The van der Waals surface area contributed by atoms with Gasteiger partial charge in [-0.25, -0.2) is 0 Å².